The van der Waals surface area contributed by atoms with Gasteiger partial charge in [-0.25, -0.2) is 0 Å². The minimum absolute atomic E-state index is 0.0543. The van der Waals surface area contributed by atoms with Crippen LogP contribution in [0.15, 0.2) is 41.0 Å². The van der Waals surface area contributed by atoms with Gasteiger partial charge in [0, 0.05) is 41.8 Å². The maximum Gasteiger partial charge on any atom is 0.254 e. The summed E-state index contributed by atoms with van der Waals surface area (Å²) < 4.78 is 5.11. The van der Waals surface area contributed by atoms with E-state index < -0.39 is 0 Å². The molecule has 1 aromatic carbocycles. The first-order valence-electron chi connectivity index (χ1n) is 7.57. The standard InChI is InChI=1S/C17H16Cl2N2O3/c18-13-8-12(9-14(19)10-13)17(23)21-5-3-20(4-6-21)11-15(22)16-2-1-7-24-16/h1-2,7-10H,3-6,11H2. The Morgan fingerprint density at radius 2 is 1.71 bits per heavy atom. The lowest BCUT2D eigenvalue weighted by atomic mass is 10.1. The second-order valence-corrected chi connectivity index (χ2v) is 6.50. The molecule has 0 N–H and O–H groups in total. The third-order valence-corrected chi connectivity index (χ3v) is 4.37. The number of hydrogen-bond acceptors (Lipinski definition) is 4. The van der Waals surface area contributed by atoms with Crippen molar-refractivity contribution in [1.29, 1.82) is 0 Å². The minimum Gasteiger partial charge on any atom is -0.461 e. The highest BCUT2D eigenvalue weighted by atomic mass is 35.5. The second-order valence-electron chi connectivity index (χ2n) is 5.63. The van der Waals surface area contributed by atoms with Crippen LogP contribution in [0.3, 0.4) is 0 Å². The van der Waals surface area contributed by atoms with Gasteiger partial charge in [0.15, 0.2) is 5.76 Å². The van der Waals surface area contributed by atoms with Gasteiger partial charge in [-0.15, -0.1) is 0 Å². The quantitative estimate of drug-likeness (QED) is 0.779. The highest BCUT2D eigenvalue weighted by Gasteiger charge is 2.24. The number of ketones is 1. The summed E-state index contributed by atoms with van der Waals surface area (Å²) in [6.07, 6.45) is 1.49. The van der Waals surface area contributed by atoms with E-state index in [1.54, 1.807) is 35.2 Å². The Hall–Kier alpha value is -1.82. The first kappa shape index (κ1) is 17.0. The zero-order valence-corrected chi connectivity index (χ0v) is 14.4. The van der Waals surface area contributed by atoms with Crippen LogP contribution < -0.4 is 0 Å². The molecule has 1 fully saturated rings. The monoisotopic (exact) mass is 366 g/mol. The van der Waals surface area contributed by atoms with Gasteiger partial charge >= 0.3 is 0 Å². The van der Waals surface area contributed by atoms with Gasteiger partial charge in [0.25, 0.3) is 5.91 Å². The topological polar surface area (TPSA) is 53.8 Å². The number of benzene rings is 1. The second kappa shape index (κ2) is 7.38. The molecule has 0 atom stereocenters. The molecule has 2 aromatic rings. The average Bonchev–Trinajstić information content (AvgIpc) is 3.08. The third-order valence-electron chi connectivity index (χ3n) is 3.93. The Morgan fingerprint density at radius 1 is 1.04 bits per heavy atom. The van der Waals surface area contributed by atoms with Crippen LogP contribution in [0, 0.1) is 0 Å². The summed E-state index contributed by atoms with van der Waals surface area (Å²) in [5, 5.41) is 0.877. The number of carbonyl (C=O) groups is 2. The van der Waals surface area contributed by atoms with Crippen LogP contribution in [0.2, 0.25) is 10.0 Å². The van der Waals surface area contributed by atoms with E-state index in [1.807, 2.05) is 4.90 Å². The molecule has 1 aliphatic rings. The van der Waals surface area contributed by atoms with Crippen molar-refractivity contribution in [1.82, 2.24) is 9.80 Å². The zero-order valence-electron chi connectivity index (χ0n) is 12.9. The fraction of sp³-hybridized carbons (Fsp3) is 0.294. The maximum absolute atomic E-state index is 12.5. The summed E-state index contributed by atoms with van der Waals surface area (Å²) >= 11 is 11.9. The molecular weight excluding hydrogens is 351 g/mol. The molecule has 1 aromatic heterocycles. The van der Waals surface area contributed by atoms with Crippen molar-refractivity contribution in [3.63, 3.8) is 0 Å². The fourth-order valence-corrected chi connectivity index (χ4v) is 3.21. The molecule has 0 aliphatic carbocycles. The summed E-state index contributed by atoms with van der Waals surface area (Å²) in [5.74, 6) is 0.208. The Kier molecular flexibility index (Phi) is 5.23. The van der Waals surface area contributed by atoms with Gasteiger partial charge in [-0.3, -0.25) is 14.5 Å². The molecule has 0 unspecified atom stereocenters. The summed E-state index contributed by atoms with van der Waals surface area (Å²) in [5.41, 5.74) is 0.479. The van der Waals surface area contributed by atoms with Crippen LogP contribution in [0.25, 0.3) is 0 Å². The van der Waals surface area contributed by atoms with Gasteiger partial charge in [-0.1, -0.05) is 23.2 Å². The van der Waals surface area contributed by atoms with Crippen LogP contribution in [0.1, 0.15) is 20.9 Å². The van der Waals surface area contributed by atoms with Crippen molar-refractivity contribution in [2.45, 2.75) is 0 Å². The highest BCUT2D eigenvalue weighted by Crippen LogP contribution is 2.20. The van der Waals surface area contributed by atoms with E-state index in [9.17, 15) is 9.59 Å². The van der Waals surface area contributed by atoms with E-state index in [4.69, 9.17) is 27.6 Å². The van der Waals surface area contributed by atoms with Crippen LogP contribution in [0.5, 0.6) is 0 Å². The molecule has 0 spiro atoms. The van der Waals surface area contributed by atoms with Crippen molar-refractivity contribution >= 4 is 34.9 Å². The van der Waals surface area contributed by atoms with Gasteiger partial charge in [-0.2, -0.15) is 0 Å². The molecular formula is C17H16Cl2N2O3. The number of Topliss-reactive ketones (excluding diaryl/α,β-unsaturated/α-hetero) is 1. The fourth-order valence-electron chi connectivity index (χ4n) is 2.69. The number of rotatable bonds is 4. The van der Waals surface area contributed by atoms with E-state index in [-0.39, 0.29) is 11.7 Å². The number of carbonyl (C=O) groups excluding carboxylic acids is 2. The number of halogens is 2. The summed E-state index contributed by atoms with van der Waals surface area (Å²) in [4.78, 5) is 28.3. The van der Waals surface area contributed by atoms with E-state index in [0.29, 0.717) is 54.1 Å². The lowest BCUT2D eigenvalue weighted by molar-refractivity contribution is 0.0620. The summed E-state index contributed by atoms with van der Waals surface area (Å²) in [6.45, 7) is 2.65. The van der Waals surface area contributed by atoms with Crippen LogP contribution >= 0.6 is 23.2 Å². The molecule has 1 amide bonds. The molecule has 24 heavy (non-hydrogen) atoms. The van der Waals surface area contributed by atoms with Crippen molar-refractivity contribution in [3.05, 3.63) is 58.0 Å². The first-order chi connectivity index (χ1) is 11.5. The van der Waals surface area contributed by atoms with E-state index in [2.05, 4.69) is 0 Å². The number of nitrogens with zero attached hydrogens (tertiary/aromatic N) is 2. The number of hydrogen-bond donors (Lipinski definition) is 0. The molecule has 7 heteroatoms. The highest BCUT2D eigenvalue weighted by molar-refractivity contribution is 6.35. The minimum atomic E-state index is -0.101. The third kappa shape index (κ3) is 3.98. The zero-order chi connectivity index (χ0) is 17.1. The largest absolute Gasteiger partial charge is 0.461 e. The summed E-state index contributed by atoms with van der Waals surface area (Å²) in [6, 6.07) is 8.17. The lowest BCUT2D eigenvalue weighted by Gasteiger charge is -2.34. The van der Waals surface area contributed by atoms with Gasteiger partial charge in [0.1, 0.15) is 0 Å². The van der Waals surface area contributed by atoms with Gasteiger partial charge in [0.05, 0.1) is 12.8 Å². The Labute approximate surface area is 149 Å². The molecule has 5 nitrogen and oxygen atoms in total. The Bertz CT molecular complexity index is 718. The predicted octanol–water partition coefficient (Wildman–Crippen LogP) is 3.23. The van der Waals surface area contributed by atoms with Crippen LogP contribution in [-0.2, 0) is 0 Å². The van der Waals surface area contributed by atoms with Crippen LogP contribution in [0.4, 0.5) is 0 Å². The SMILES string of the molecule is O=C(CN1CCN(C(=O)c2cc(Cl)cc(Cl)c2)CC1)c1ccco1. The number of furan rings is 1. The Balaban J connectivity index is 1.56. The number of piperazine rings is 1. The van der Waals surface area contributed by atoms with Crippen molar-refractivity contribution in [2.75, 3.05) is 32.7 Å². The maximum atomic E-state index is 12.5. The first-order valence-corrected chi connectivity index (χ1v) is 8.33. The molecule has 1 aliphatic heterocycles. The Morgan fingerprint density at radius 3 is 2.29 bits per heavy atom. The lowest BCUT2D eigenvalue weighted by Crippen LogP contribution is -2.49. The van der Waals surface area contributed by atoms with Gasteiger partial charge < -0.3 is 9.32 Å². The van der Waals surface area contributed by atoms with Crippen molar-refractivity contribution < 1.29 is 14.0 Å². The molecule has 0 radical (unpaired) electrons. The molecule has 0 saturated carbocycles. The van der Waals surface area contributed by atoms with E-state index in [0.717, 1.165) is 0 Å². The predicted molar refractivity (Wildman–Crippen MR) is 91.8 cm³/mol. The van der Waals surface area contributed by atoms with E-state index in [1.165, 1.54) is 6.26 Å². The number of amides is 1. The van der Waals surface area contributed by atoms with Gasteiger partial charge in [0.2, 0.25) is 5.78 Å². The van der Waals surface area contributed by atoms with Crippen LogP contribution in [-0.4, -0.2) is 54.2 Å². The van der Waals surface area contributed by atoms with Crippen molar-refractivity contribution in [3.8, 4) is 0 Å². The molecule has 2 heterocycles. The molecule has 0 bridgehead atoms. The smallest absolute Gasteiger partial charge is 0.254 e. The molecule has 3 rings (SSSR count). The molecule has 126 valence electrons. The van der Waals surface area contributed by atoms with E-state index >= 15 is 0 Å². The molecule has 1 saturated heterocycles. The summed E-state index contributed by atoms with van der Waals surface area (Å²) in [7, 11) is 0. The van der Waals surface area contributed by atoms with Crippen molar-refractivity contribution in [2.24, 2.45) is 0 Å². The van der Waals surface area contributed by atoms with Gasteiger partial charge in [-0.05, 0) is 30.3 Å². The average molecular weight is 367 g/mol. The normalized spacial score (nSPS) is 15.5.